The Kier molecular flexibility index (Phi) is 5.51. The number of para-hydroxylation sites is 1. The van der Waals surface area contributed by atoms with E-state index in [4.69, 9.17) is 4.42 Å². The van der Waals surface area contributed by atoms with Gasteiger partial charge in [0.25, 0.3) is 0 Å². The molecule has 0 amide bonds. The Balaban J connectivity index is 1.16. The van der Waals surface area contributed by atoms with Crippen molar-refractivity contribution in [2.45, 2.75) is 19.3 Å². The van der Waals surface area contributed by atoms with Gasteiger partial charge in [-0.25, -0.2) is 0 Å². The van der Waals surface area contributed by atoms with E-state index in [0.29, 0.717) is 0 Å². The molecule has 0 saturated carbocycles. The number of furan rings is 1. The lowest BCUT2D eigenvalue weighted by Gasteiger charge is -2.23. The smallest absolute Gasteiger partial charge is 0.143 e. The fraction of sp³-hybridized carbons (Fsp3) is 0.0612. The average Bonchev–Trinajstić information content (AvgIpc) is 3.65. The van der Waals surface area contributed by atoms with Crippen molar-refractivity contribution in [3.63, 3.8) is 0 Å². The van der Waals surface area contributed by atoms with E-state index in [1.807, 2.05) is 6.07 Å². The number of rotatable bonds is 2. The van der Waals surface area contributed by atoms with Gasteiger partial charge in [0.05, 0.1) is 0 Å². The van der Waals surface area contributed by atoms with E-state index in [0.717, 1.165) is 11.2 Å². The maximum atomic E-state index is 6.49. The molecule has 1 heteroatoms. The zero-order chi connectivity index (χ0) is 33.1. The second-order valence-electron chi connectivity index (χ2n) is 14.4. The quantitative estimate of drug-likeness (QED) is 0.172. The molecule has 0 N–H and O–H groups in total. The standard InChI is InChI=1S/C49H32O/c1-49(2)43-26-21-32(28-42(43)39-23-25-41-38(47(39)49)22-24-40-33-13-9-10-18-44(33)50-48(40)41)46-36-16-7-5-14-34(36)45(35-15-6-8-17-37(35)46)31-20-19-29-11-3-4-12-30(29)27-31/h3-28H,1-2H3. The molecular formula is C49H32O. The SMILES string of the molecule is CC1(C)c2ccc(-c3c4ccccc4c(-c4ccc5ccccc5c4)c4ccccc34)cc2-c2ccc3c(ccc4c5ccccc5oc34)c21. The monoisotopic (exact) mass is 636 g/mol. The first-order valence-electron chi connectivity index (χ1n) is 17.5. The first-order valence-corrected chi connectivity index (χ1v) is 17.5. The van der Waals surface area contributed by atoms with Crippen LogP contribution in [0.4, 0.5) is 0 Å². The lowest BCUT2D eigenvalue weighted by molar-refractivity contribution is 0.665. The van der Waals surface area contributed by atoms with Gasteiger partial charge >= 0.3 is 0 Å². The first kappa shape index (κ1) is 27.7. The third-order valence-electron chi connectivity index (χ3n) is 11.4. The Bertz CT molecular complexity index is 3010. The molecule has 0 unspecified atom stereocenters. The van der Waals surface area contributed by atoms with Crippen molar-refractivity contribution in [3.05, 3.63) is 169 Å². The van der Waals surface area contributed by atoms with Crippen molar-refractivity contribution in [1.82, 2.24) is 0 Å². The zero-order valence-electron chi connectivity index (χ0n) is 27.9. The van der Waals surface area contributed by atoms with Crippen LogP contribution in [0.5, 0.6) is 0 Å². The largest absolute Gasteiger partial charge is 0.455 e. The molecule has 0 aliphatic heterocycles. The third kappa shape index (κ3) is 3.67. The Morgan fingerprint density at radius 1 is 0.400 bits per heavy atom. The zero-order valence-corrected chi connectivity index (χ0v) is 27.9. The summed E-state index contributed by atoms with van der Waals surface area (Å²) in [5.41, 5.74) is 12.2. The summed E-state index contributed by atoms with van der Waals surface area (Å²) < 4.78 is 6.49. The molecular weight excluding hydrogens is 605 g/mol. The highest BCUT2D eigenvalue weighted by molar-refractivity contribution is 6.22. The molecule has 11 rings (SSSR count). The van der Waals surface area contributed by atoms with Crippen LogP contribution in [0.3, 0.4) is 0 Å². The van der Waals surface area contributed by atoms with E-state index < -0.39 is 0 Å². The summed E-state index contributed by atoms with van der Waals surface area (Å²) in [6.45, 7) is 4.76. The molecule has 0 bridgehead atoms. The minimum absolute atomic E-state index is 0.160. The predicted molar refractivity (Wildman–Crippen MR) is 212 cm³/mol. The molecule has 9 aromatic carbocycles. The fourth-order valence-electron chi connectivity index (χ4n) is 9.18. The lowest BCUT2D eigenvalue weighted by Crippen LogP contribution is -2.15. The fourth-order valence-corrected chi connectivity index (χ4v) is 9.18. The van der Waals surface area contributed by atoms with Gasteiger partial charge in [-0.3, -0.25) is 0 Å². The van der Waals surface area contributed by atoms with Crippen LogP contribution in [-0.2, 0) is 5.41 Å². The van der Waals surface area contributed by atoms with E-state index in [1.54, 1.807) is 0 Å². The average molecular weight is 637 g/mol. The van der Waals surface area contributed by atoms with E-state index in [2.05, 4.69) is 166 Å². The van der Waals surface area contributed by atoms with Crippen molar-refractivity contribution in [2.75, 3.05) is 0 Å². The Morgan fingerprint density at radius 2 is 0.940 bits per heavy atom. The minimum atomic E-state index is -0.160. The van der Waals surface area contributed by atoms with Crippen molar-refractivity contribution in [2.24, 2.45) is 0 Å². The number of fused-ring (bicyclic) bond motifs is 12. The molecule has 50 heavy (non-hydrogen) atoms. The highest BCUT2D eigenvalue weighted by Gasteiger charge is 2.37. The van der Waals surface area contributed by atoms with Gasteiger partial charge in [0.2, 0.25) is 0 Å². The van der Waals surface area contributed by atoms with E-state index in [1.165, 1.54) is 98.4 Å². The molecule has 0 atom stereocenters. The van der Waals surface area contributed by atoms with Crippen LogP contribution in [0, 0.1) is 0 Å². The summed E-state index contributed by atoms with van der Waals surface area (Å²) in [5.74, 6) is 0. The summed E-state index contributed by atoms with van der Waals surface area (Å²) in [6.07, 6.45) is 0. The van der Waals surface area contributed by atoms with Gasteiger partial charge in [-0.2, -0.15) is 0 Å². The van der Waals surface area contributed by atoms with Gasteiger partial charge in [0.1, 0.15) is 11.2 Å². The van der Waals surface area contributed by atoms with Crippen LogP contribution in [0.25, 0.3) is 98.4 Å². The maximum Gasteiger partial charge on any atom is 0.143 e. The topological polar surface area (TPSA) is 13.1 Å². The Labute approximate surface area is 290 Å². The molecule has 10 aromatic rings. The van der Waals surface area contributed by atoms with Crippen molar-refractivity contribution < 1.29 is 4.42 Å². The normalized spacial score (nSPS) is 13.6. The number of hydrogen-bond acceptors (Lipinski definition) is 1. The van der Waals surface area contributed by atoms with Crippen molar-refractivity contribution >= 4 is 65.0 Å². The maximum absolute atomic E-state index is 6.49. The Hall–Kier alpha value is -6.18. The van der Waals surface area contributed by atoms with Crippen LogP contribution in [0.15, 0.2) is 162 Å². The summed E-state index contributed by atoms with van der Waals surface area (Å²) in [4.78, 5) is 0. The van der Waals surface area contributed by atoms with Gasteiger partial charge in [-0.1, -0.05) is 141 Å². The van der Waals surface area contributed by atoms with Crippen molar-refractivity contribution in [1.29, 1.82) is 0 Å². The van der Waals surface area contributed by atoms with Gasteiger partial charge in [0, 0.05) is 21.6 Å². The highest BCUT2D eigenvalue weighted by atomic mass is 16.3. The summed E-state index contributed by atoms with van der Waals surface area (Å²) in [6, 6.07) is 58.2. The van der Waals surface area contributed by atoms with Crippen molar-refractivity contribution in [3.8, 4) is 33.4 Å². The van der Waals surface area contributed by atoms with Crippen LogP contribution in [0.1, 0.15) is 25.0 Å². The van der Waals surface area contributed by atoms with Crippen LogP contribution < -0.4 is 0 Å². The predicted octanol–water partition coefficient (Wildman–Crippen LogP) is 13.8. The summed E-state index contributed by atoms with van der Waals surface area (Å²) >= 11 is 0. The molecule has 1 nitrogen and oxygen atoms in total. The Morgan fingerprint density at radius 3 is 1.66 bits per heavy atom. The molecule has 0 radical (unpaired) electrons. The van der Waals surface area contributed by atoms with Gasteiger partial charge in [-0.15, -0.1) is 0 Å². The minimum Gasteiger partial charge on any atom is -0.455 e. The van der Waals surface area contributed by atoms with E-state index >= 15 is 0 Å². The molecule has 0 fully saturated rings. The number of benzene rings is 9. The molecule has 0 saturated heterocycles. The molecule has 0 spiro atoms. The molecule has 1 aromatic heterocycles. The summed E-state index contributed by atoms with van der Waals surface area (Å²) in [7, 11) is 0. The highest BCUT2D eigenvalue weighted by Crippen LogP contribution is 2.54. The molecule has 1 aliphatic rings. The van der Waals surface area contributed by atoms with E-state index in [-0.39, 0.29) is 5.41 Å². The van der Waals surface area contributed by atoms with Gasteiger partial charge < -0.3 is 4.42 Å². The van der Waals surface area contributed by atoms with Gasteiger partial charge in [0.15, 0.2) is 0 Å². The summed E-state index contributed by atoms with van der Waals surface area (Å²) in [5, 5.41) is 12.4. The second-order valence-corrected chi connectivity index (χ2v) is 14.4. The lowest BCUT2D eigenvalue weighted by atomic mass is 9.79. The number of hydrogen-bond donors (Lipinski definition) is 0. The molecule has 1 heterocycles. The first-order chi connectivity index (χ1) is 24.6. The van der Waals surface area contributed by atoms with Crippen LogP contribution in [0.2, 0.25) is 0 Å². The van der Waals surface area contributed by atoms with Gasteiger partial charge in [-0.05, 0) is 113 Å². The van der Waals surface area contributed by atoms with Crippen LogP contribution in [-0.4, -0.2) is 0 Å². The third-order valence-corrected chi connectivity index (χ3v) is 11.4. The molecule has 234 valence electrons. The second kappa shape index (κ2) is 9.94. The van der Waals surface area contributed by atoms with E-state index in [9.17, 15) is 0 Å². The molecule has 1 aliphatic carbocycles. The van der Waals surface area contributed by atoms with Crippen LogP contribution >= 0.6 is 0 Å².